The molecule has 1 saturated heterocycles. The number of aliphatic imine (C=N–C) groups is 1. The molecular weight excluding hydrogens is 242 g/mol. The van der Waals surface area contributed by atoms with Crippen LogP contribution >= 0.6 is 11.8 Å². The number of nitrogens with one attached hydrogen (secondary N) is 2. The molecule has 18 heavy (non-hydrogen) atoms. The van der Waals surface area contributed by atoms with E-state index < -0.39 is 0 Å². The van der Waals surface area contributed by atoms with Crippen LogP contribution in [0.4, 0.5) is 0 Å². The first-order valence-electron chi connectivity index (χ1n) is 7.38. The van der Waals surface area contributed by atoms with Gasteiger partial charge in [-0.1, -0.05) is 0 Å². The number of hydrogen-bond donors (Lipinski definition) is 2. The van der Waals surface area contributed by atoms with Gasteiger partial charge in [-0.05, 0) is 55.6 Å². The summed E-state index contributed by atoms with van der Waals surface area (Å²) in [5.41, 5.74) is 0.653. The van der Waals surface area contributed by atoms with E-state index in [0.29, 0.717) is 5.41 Å². The van der Waals surface area contributed by atoms with Crippen LogP contribution in [-0.4, -0.2) is 37.1 Å². The van der Waals surface area contributed by atoms with Crippen LogP contribution in [0.5, 0.6) is 0 Å². The zero-order chi connectivity index (χ0) is 12.4. The highest BCUT2D eigenvalue weighted by Gasteiger charge is 2.53. The van der Waals surface area contributed by atoms with Crippen LogP contribution in [0.1, 0.15) is 38.5 Å². The second-order valence-corrected chi connectivity index (χ2v) is 7.49. The molecule has 0 aromatic carbocycles. The molecule has 2 N–H and O–H groups in total. The van der Waals surface area contributed by atoms with Crippen molar-refractivity contribution >= 4 is 17.7 Å². The van der Waals surface area contributed by atoms with Crippen molar-refractivity contribution in [3.05, 3.63) is 0 Å². The van der Waals surface area contributed by atoms with Crippen molar-refractivity contribution in [2.24, 2.45) is 16.3 Å². The van der Waals surface area contributed by atoms with Crippen LogP contribution < -0.4 is 10.6 Å². The Morgan fingerprint density at radius 1 is 1.28 bits per heavy atom. The van der Waals surface area contributed by atoms with Gasteiger partial charge >= 0.3 is 0 Å². The number of hydrogen-bond acceptors (Lipinski definition) is 2. The molecule has 2 aliphatic carbocycles. The molecule has 3 aliphatic rings. The van der Waals surface area contributed by atoms with Gasteiger partial charge in [0.05, 0.1) is 0 Å². The first kappa shape index (κ1) is 12.6. The van der Waals surface area contributed by atoms with Crippen molar-refractivity contribution in [2.45, 2.75) is 43.8 Å². The average Bonchev–Trinajstić information content (AvgIpc) is 3.29. The summed E-state index contributed by atoms with van der Waals surface area (Å²) in [5, 5.41) is 7.83. The Hall–Kier alpha value is -0.380. The van der Waals surface area contributed by atoms with E-state index in [1.807, 2.05) is 7.05 Å². The Balaban J connectivity index is 1.39. The van der Waals surface area contributed by atoms with Crippen molar-refractivity contribution in [1.82, 2.24) is 10.6 Å². The number of rotatable bonds is 5. The van der Waals surface area contributed by atoms with Gasteiger partial charge < -0.3 is 10.6 Å². The van der Waals surface area contributed by atoms with Crippen molar-refractivity contribution in [2.75, 3.05) is 25.9 Å². The Kier molecular flexibility index (Phi) is 3.73. The number of guanidine groups is 1. The lowest BCUT2D eigenvalue weighted by molar-refractivity contribution is 0.431. The quantitative estimate of drug-likeness (QED) is 0.592. The molecule has 0 spiro atoms. The smallest absolute Gasteiger partial charge is 0.191 e. The fourth-order valence-corrected chi connectivity index (χ4v) is 4.28. The van der Waals surface area contributed by atoms with E-state index in [4.69, 9.17) is 0 Å². The maximum atomic E-state index is 4.34. The van der Waals surface area contributed by atoms with Gasteiger partial charge in [-0.2, -0.15) is 11.8 Å². The Bertz CT molecular complexity index is 315. The third kappa shape index (κ3) is 2.95. The van der Waals surface area contributed by atoms with E-state index in [-0.39, 0.29) is 0 Å². The Morgan fingerprint density at radius 2 is 2.11 bits per heavy atom. The lowest BCUT2D eigenvalue weighted by Crippen LogP contribution is -2.42. The fourth-order valence-electron chi connectivity index (χ4n) is 3.08. The van der Waals surface area contributed by atoms with Gasteiger partial charge in [0.1, 0.15) is 0 Å². The van der Waals surface area contributed by atoms with E-state index >= 15 is 0 Å². The molecule has 2 saturated carbocycles. The molecule has 3 fully saturated rings. The van der Waals surface area contributed by atoms with Gasteiger partial charge in [-0.15, -0.1) is 0 Å². The van der Waals surface area contributed by atoms with Crippen LogP contribution in [0, 0.1) is 11.3 Å². The highest BCUT2D eigenvalue weighted by molar-refractivity contribution is 8.00. The molecule has 0 radical (unpaired) electrons. The van der Waals surface area contributed by atoms with E-state index in [9.17, 15) is 0 Å². The van der Waals surface area contributed by atoms with Crippen molar-refractivity contribution in [3.63, 3.8) is 0 Å². The highest BCUT2D eigenvalue weighted by atomic mass is 32.2. The van der Waals surface area contributed by atoms with Gasteiger partial charge in [0, 0.05) is 25.4 Å². The van der Waals surface area contributed by atoms with Gasteiger partial charge in [-0.3, -0.25) is 4.99 Å². The second kappa shape index (κ2) is 5.32. The van der Waals surface area contributed by atoms with Crippen LogP contribution in [0.2, 0.25) is 0 Å². The molecule has 0 bridgehead atoms. The molecule has 3 nitrogen and oxygen atoms in total. The summed E-state index contributed by atoms with van der Waals surface area (Å²) >= 11 is 2.10. The summed E-state index contributed by atoms with van der Waals surface area (Å²) in [4.78, 5) is 4.34. The van der Waals surface area contributed by atoms with Crippen molar-refractivity contribution in [1.29, 1.82) is 0 Å². The maximum Gasteiger partial charge on any atom is 0.191 e. The monoisotopic (exact) mass is 267 g/mol. The maximum absolute atomic E-state index is 4.34. The molecule has 102 valence electrons. The molecule has 0 aromatic rings. The zero-order valence-corrected chi connectivity index (χ0v) is 12.2. The predicted octanol–water partition coefficient (Wildman–Crippen LogP) is 2.24. The number of nitrogens with zero attached hydrogens (tertiary/aromatic N) is 1. The van der Waals surface area contributed by atoms with E-state index in [1.165, 1.54) is 44.3 Å². The molecule has 1 aliphatic heterocycles. The second-order valence-electron chi connectivity index (χ2n) is 6.08. The van der Waals surface area contributed by atoms with Crippen molar-refractivity contribution < 1.29 is 0 Å². The minimum atomic E-state index is 0.653. The molecule has 1 unspecified atom stereocenters. The zero-order valence-electron chi connectivity index (χ0n) is 11.4. The summed E-state index contributed by atoms with van der Waals surface area (Å²) in [6.45, 7) is 2.20. The van der Waals surface area contributed by atoms with Crippen LogP contribution in [0.25, 0.3) is 0 Å². The van der Waals surface area contributed by atoms with E-state index in [0.717, 1.165) is 30.2 Å². The summed E-state index contributed by atoms with van der Waals surface area (Å²) in [6, 6.07) is 0. The summed E-state index contributed by atoms with van der Waals surface area (Å²) in [7, 11) is 1.88. The van der Waals surface area contributed by atoms with E-state index in [1.54, 1.807) is 0 Å². The molecule has 0 amide bonds. The van der Waals surface area contributed by atoms with Crippen LogP contribution in [-0.2, 0) is 0 Å². The predicted molar refractivity (Wildman–Crippen MR) is 79.2 cm³/mol. The first-order valence-corrected chi connectivity index (χ1v) is 8.43. The summed E-state index contributed by atoms with van der Waals surface area (Å²) in [6.07, 6.45) is 8.54. The van der Waals surface area contributed by atoms with Crippen LogP contribution in [0.15, 0.2) is 4.99 Å². The first-order chi connectivity index (χ1) is 8.82. The van der Waals surface area contributed by atoms with Gasteiger partial charge in [-0.25, -0.2) is 0 Å². The molecular formula is C14H25N3S. The van der Waals surface area contributed by atoms with Crippen LogP contribution in [0.3, 0.4) is 0 Å². The molecule has 1 atom stereocenters. The SMILES string of the molecule is CN=C(NCC1CCCS1)NCC1(C2CC2)CC1. The summed E-state index contributed by atoms with van der Waals surface area (Å²) in [5.74, 6) is 3.37. The van der Waals surface area contributed by atoms with Gasteiger partial charge in [0.2, 0.25) is 0 Å². The minimum Gasteiger partial charge on any atom is -0.356 e. The largest absolute Gasteiger partial charge is 0.356 e. The molecule has 3 rings (SSSR count). The van der Waals surface area contributed by atoms with Gasteiger partial charge in [0.15, 0.2) is 5.96 Å². The topological polar surface area (TPSA) is 36.4 Å². The third-order valence-corrected chi connectivity index (χ3v) is 6.09. The lowest BCUT2D eigenvalue weighted by Gasteiger charge is -2.19. The van der Waals surface area contributed by atoms with Crippen molar-refractivity contribution in [3.8, 4) is 0 Å². The standard InChI is InChI=1S/C14H25N3S/c1-15-13(16-9-12-3-2-8-18-12)17-10-14(6-7-14)11-4-5-11/h11-12H,2-10H2,1H3,(H2,15,16,17). The molecule has 1 heterocycles. The lowest BCUT2D eigenvalue weighted by atomic mass is 10.0. The molecule has 0 aromatic heterocycles. The average molecular weight is 267 g/mol. The Labute approximate surface area is 115 Å². The fraction of sp³-hybridized carbons (Fsp3) is 0.929. The Morgan fingerprint density at radius 3 is 2.67 bits per heavy atom. The normalized spacial score (nSPS) is 30.3. The summed E-state index contributed by atoms with van der Waals surface area (Å²) < 4.78 is 0. The highest BCUT2D eigenvalue weighted by Crippen LogP contribution is 2.60. The minimum absolute atomic E-state index is 0.653. The molecule has 4 heteroatoms. The third-order valence-electron chi connectivity index (χ3n) is 4.69. The van der Waals surface area contributed by atoms with E-state index in [2.05, 4.69) is 27.4 Å². The number of thioether (sulfide) groups is 1. The van der Waals surface area contributed by atoms with Gasteiger partial charge in [0.25, 0.3) is 0 Å².